The van der Waals surface area contributed by atoms with Crippen LogP contribution in [0.4, 0.5) is 11.4 Å². The fraction of sp³-hybridized carbons (Fsp3) is 0.667. The molecule has 1 amide bonds. The fourth-order valence-corrected chi connectivity index (χ4v) is 10.6. The van der Waals surface area contributed by atoms with Crippen molar-refractivity contribution in [3.63, 3.8) is 0 Å². The van der Waals surface area contributed by atoms with Crippen molar-refractivity contribution in [3.8, 4) is 0 Å². The van der Waals surface area contributed by atoms with E-state index in [1.165, 1.54) is 26.2 Å². The number of rotatable bonds is 11. The molecule has 3 heterocycles. The SMILES string of the molecule is C=CCC1/C=C(/C)C(=O)C(C)CC(OC)C2OC(O)(C(=O)C(=O)N3CCCCC3COC(/C(C)=C/C3CCC(OC(=O)c4cc([N+](=O)[O-])cc([N+](=O)[O-])c4)C(OC)C3)C(C)C(O)CC1=O)C(C)CC2OC. The average Bonchev–Trinajstić information content (AvgIpc) is 3.35. The highest BCUT2D eigenvalue weighted by Crippen LogP contribution is 2.39. The van der Waals surface area contributed by atoms with E-state index in [0.29, 0.717) is 43.3 Å². The first-order valence-electron chi connectivity index (χ1n) is 24.4. The van der Waals surface area contributed by atoms with Crippen LogP contribution < -0.4 is 0 Å². The average molecular weight is 998 g/mol. The summed E-state index contributed by atoms with van der Waals surface area (Å²) in [5.41, 5.74) is -0.655. The number of nitro groups is 2. The number of aliphatic hydroxyl groups is 2. The van der Waals surface area contributed by atoms with Crippen molar-refractivity contribution < 1.29 is 72.5 Å². The minimum Gasteiger partial charge on any atom is -0.456 e. The molecule has 1 saturated carbocycles. The molecular formula is C51H71N3O17. The molecule has 0 aromatic heterocycles. The second-order valence-corrected chi connectivity index (χ2v) is 19.7. The second-order valence-electron chi connectivity index (χ2n) is 19.7. The van der Waals surface area contributed by atoms with E-state index in [4.69, 9.17) is 28.4 Å². The predicted molar refractivity (Wildman–Crippen MR) is 256 cm³/mol. The number of nitrogens with zero attached hydrogens (tertiary/aromatic N) is 3. The van der Waals surface area contributed by atoms with Crippen LogP contribution in [0.25, 0.3) is 0 Å². The lowest BCUT2D eigenvalue weighted by Crippen LogP contribution is -2.64. The van der Waals surface area contributed by atoms with Gasteiger partial charge in [-0.1, -0.05) is 39.0 Å². The lowest BCUT2D eigenvalue weighted by molar-refractivity contribution is -0.394. The Morgan fingerprint density at radius 2 is 1.55 bits per heavy atom. The van der Waals surface area contributed by atoms with Gasteiger partial charge in [-0.3, -0.25) is 39.4 Å². The van der Waals surface area contributed by atoms with Gasteiger partial charge >= 0.3 is 5.97 Å². The Morgan fingerprint density at radius 3 is 2.15 bits per heavy atom. The van der Waals surface area contributed by atoms with Gasteiger partial charge in [-0.25, -0.2) is 4.79 Å². The molecule has 2 bridgehead atoms. The number of carbonyl (C=O) groups is 5. The fourth-order valence-electron chi connectivity index (χ4n) is 10.6. The van der Waals surface area contributed by atoms with Crippen molar-refractivity contribution in [3.05, 3.63) is 79.9 Å². The van der Waals surface area contributed by atoms with Crippen molar-refractivity contribution in [1.82, 2.24) is 4.90 Å². The summed E-state index contributed by atoms with van der Waals surface area (Å²) in [7, 11) is 4.33. The first-order valence-corrected chi connectivity index (χ1v) is 24.4. The number of nitro benzene ring substituents is 2. The van der Waals surface area contributed by atoms with Gasteiger partial charge in [0.05, 0.1) is 64.6 Å². The quantitative estimate of drug-likeness (QED) is 0.0849. The van der Waals surface area contributed by atoms with Crippen molar-refractivity contribution in [2.75, 3.05) is 34.5 Å². The van der Waals surface area contributed by atoms with E-state index in [2.05, 4.69) is 6.58 Å². The standard InChI is InChI=1S/C51H71N3O17/c1-10-13-34-19-28(2)45(57)29(3)20-43(67-8)47-44(68-9)21-31(5)51(61,71-47)48(58)49(59)52-17-12-11-14-36(52)27-69-46(32(6)39(55)26-40(34)56)30(4)18-33-15-16-41(42(22-33)66-7)70-50(60)35-23-37(53(62)63)25-38(24-35)54(64)65/h10,18-19,23-25,29,31-34,36,39,41-44,46-47,55,61H,1,11-17,20-22,26-27H2,2-9H3/b28-19-,30-18+. The lowest BCUT2D eigenvalue weighted by atomic mass is 9.81. The van der Waals surface area contributed by atoms with E-state index >= 15 is 0 Å². The van der Waals surface area contributed by atoms with Crippen LogP contribution in [-0.4, -0.2) is 143 Å². The molecule has 3 aliphatic heterocycles. The molecule has 1 aromatic rings. The number of hydrogen-bond acceptors (Lipinski definition) is 17. The number of hydrogen-bond donors (Lipinski definition) is 2. The van der Waals surface area contributed by atoms with Crippen molar-refractivity contribution in [2.45, 2.75) is 153 Å². The van der Waals surface area contributed by atoms with E-state index in [1.807, 2.05) is 13.0 Å². The Kier molecular flexibility index (Phi) is 20.0. The van der Waals surface area contributed by atoms with Crippen LogP contribution in [0, 0.1) is 49.8 Å². The number of aliphatic hydroxyl groups excluding tert-OH is 1. The molecule has 71 heavy (non-hydrogen) atoms. The number of benzene rings is 1. The zero-order valence-corrected chi connectivity index (χ0v) is 42.0. The maximum absolute atomic E-state index is 14.4. The Morgan fingerprint density at radius 1 is 0.915 bits per heavy atom. The molecule has 1 aliphatic carbocycles. The summed E-state index contributed by atoms with van der Waals surface area (Å²) >= 11 is 0. The molecule has 4 aliphatic rings. The molecule has 0 spiro atoms. The molecule has 2 saturated heterocycles. The Hall–Kier alpha value is -5.09. The van der Waals surface area contributed by atoms with Gasteiger partial charge in [-0.2, -0.15) is 0 Å². The molecule has 20 nitrogen and oxygen atoms in total. The minimum atomic E-state index is -2.56. The van der Waals surface area contributed by atoms with E-state index in [1.54, 1.807) is 39.8 Å². The Bertz CT molecular complexity index is 2180. The minimum absolute atomic E-state index is 0.0744. The Labute approximate surface area is 414 Å². The number of carbonyl (C=O) groups excluding carboxylic acids is 5. The highest BCUT2D eigenvalue weighted by molar-refractivity contribution is 6.38. The molecule has 392 valence electrons. The number of amides is 1. The normalized spacial score (nSPS) is 35.1. The molecule has 5 rings (SSSR count). The van der Waals surface area contributed by atoms with Crippen LogP contribution in [0.1, 0.15) is 109 Å². The number of allylic oxidation sites excluding steroid dienone is 4. The molecule has 2 N–H and O–H groups in total. The van der Waals surface area contributed by atoms with Crippen LogP contribution >= 0.6 is 0 Å². The monoisotopic (exact) mass is 997 g/mol. The van der Waals surface area contributed by atoms with Crippen LogP contribution in [0.15, 0.2) is 54.2 Å². The topological polar surface area (TPSA) is 271 Å². The highest BCUT2D eigenvalue weighted by Gasteiger charge is 2.56. The van der Waals surface area contributed by atoms with Gasteiger partial charge in [0, 0.05) is 70.1 Å². The van der Waals surface area contributed by atoms with Crippen molar-refractivity contribution in [1.29, 1.82) is 0 Å². The first-order chi connectivity index (χ1) is 33.6. The van der Waals surface area contributed by atoms with Gasteiger partial charge in [0.15, 0.2) is 5.78 Å². The van der Waals surface area contributed by atoms with Gasteiger partial charge in [0.1, 0.15) is 18.0 Å². The maximum atomic E-state index is 14.4. The molecule has 0 radical (unpaired) electrons. The first kappa shape index (κ1) is 56.8. The zero-order chi connectivity index (χ0) is 52.5. The van der Waals surface area contributed by atoms with Gasteiger partial charge in [-0.15, -0.1) is 6.58 Å². The highest BCUT2D eigenvalue weighted by atomic mass is 16.7. The largest absolute Gasteiger partial charge is 0.456 e. The number of methoxy groups -OCH3 is 3. The number of esters is 1. The van der Waals surface area contributed by atoms with Gasteiger partial charge in [0.25, 0.3) is 23.1 Å². The third kappa shape index (κ3) is 13.5. The van der Waals surface area contributed by atoms with Crippen molar-refractivity contribution >= 4 is 40.6 Å². The van der Waals surface area contributed by atoms with Gasteiger partial charge in [-0.05, 0) is 88.7 Å². The summed E-state index contributed by atoms with van der Waals surface area (Å²) in [6.07, 6.45) is 1.96. The number of Topliss-reactive ketones (excluding diaryl/α,β-unsaturated/α-hetero) is 3. The predicted octanol–water partition coefficient (Wildman–Crippen LogP) is 5.97. The summed E-state index contributed by atoms with van der Waals surface area (Å²) in [6, 6.07) is 1.95. The third-order valence-corrected chi connectivity index (χ3v) is 14.8. The number of ether oxygens (including phenoxy) is 6. The number of fused-ring (bicyclic) bond motifs is 3. The lowest BCUT2D eigenvalue weighted by Gasteiger charge is -2.47. The van der Waals surface area contributed by atoms with Gasteiger partial charge < -0.3 is 43.5 Å². The molecule has 14 atom stereocenters. The summed E-state index contributed by atoms with van der Waals surface area (Å²) in [5.74, 6) is -9.52. The summed E-state index contributed by atoms with van der Waals surface area (Å²) in [4.78, 5) is 92.7. The molecule has 1 aromatic carbocycles. The van der Waals surface area contributed by atoms with Crippen LogP contribution in [0.3, 0.4) is 0 Å². The van der Waals surface area contributed by atoms with E-state index in [0.717, 1.165) is 18.2 Å². The molecule has 3 fully saturated rings. The Balaban J connectivity index is 1.47. The number of ketones is 3. The van der Waals surface area contributed by atoms with Gasteiger partial charge in [0.2, 0.25) is 5.79 Å². The van der Waals surface area contributed by atoms with Crippen LogP contribution in [-0.2, 0) is 47.6 Å². The number of piperidine rings is 1. The molecular weight excluding hydrogens is 927 g/mol. The molecule has 20 heteroatoms. The number of non-ortho nitro benzene ring substituents is 2. The smallest absolute Gasteiger partial charge is 0.339 e. The van der Waals surface area contributed by atoms with E-state index in [9.17, 15) is 54.4 Å². The third-order valence-electron chi connectivity index (χ3n) is 14.8. The summed E-state index contributed by atoms with van der Waals surface area (Å²) < 4.78 is 36.1. The summed E-state index contributed by atoms with van der Waals surface area (Å²) in [6.45, 7) is 12.4. The second kappa shape index (κ2) is 25.0. The summed E-state index contributed by atoms with van der Waals surface area (Å²) in [5, 5.41) is 47.0. The van der Waals surface area contributed by atoms with E-state index < -0.39 is 117 Å². The van der Waals surface area contributed by atoms with Crippen LogP contribution in [0.5, 0.6) is 0 Å². The van der Waals surface area contributed by atoms with Crippen molar-refractivity contribution in [2.24, 2.45) is 29.6 Å². The maximum Gasteiger partial charge on any atom is 0.339 e. The molecule has 14 unspecified atom stereocenters. The zero-order valence-electron chi connectivity index (χ0n) is 42.0. The van der Waals surface area contributed by atoms with Crippen LogP contribution in [0.2, 0.25) is 0 Å². The van der Waals surface area contributed by atoms with E-state index in [-0.39, 0.29) is 68.3 Å².